The van der Waals surface area contributed by atoms with Gasteiger partial charge in [0.2, 0.25) is 0 Å². The van der Waals surface area contributed by atoms with Gasteiger partial charge in [-0.2, -0.15) is 5.26 Å². The SMILES string of the molecule is N#Cc1cc([N+](=O)[O-])ccc1N1CCC[C@@H](N)C1. The predicted molar refractivity (Wildman–Crippen MR) is 67.2 cm³/mol. The lowest BCUT2D eigenvalue weighted by molar-refractivity contribution is -0.384. The number of anilines is 1. The molecule has 1 aromatic carbocycles. The highest BCUT2D eigenvalue weighted by Crippen LogP contribution is 2.27. The fraction of sp³-hybridized carbons (Fsp3) is 0.417. The second kappa shape index (κ2) is 5.02. The van der Waals surface area contributed by atoms with Gasteiger partial charge >= 0.3 is 0 Å². The molecule has 6 nitrogen and oxygen atoms in total. The zero-order chi connectivity index (χ0) is 13.1. The molecule has 94 valence electrons. The maximum absolute atomic E-state index is 10.7. The van der Waals surface area contributed by atoms with Gasteiger partial charge in [-0.05, 0) is 18.9 Å². The number of nitriles is 1. The van der Waals surface area contributed by atoms with Crippen molar-refractivity contribution in [1.29, 1.82) is 5.26 Å². The third-order valence-corrected chi connectivity index (χ3v) is 3.11. The molecule has 0 spiro atoms. The Kier molecular flexibility index (Phi) is 3.44. The highest BCUT2D eigenvalue weighted by Gasteiger charge is 2.20. The molecule has 0 saturated carbocycles. The van der Waals surface area contributed by atoms with Crippen molar-refractivity contribution in [2.75, 3.05) is 18.0 Å². The molecule has 0 radical (unpaired) electrons. The number of non-ortho nitro benzene ring substituents is 1. The molecule has 2 rings (SSSR count). The van der Waals surface area contributed by atoms with E-state index in [1.54, 1.807) is 6.07 Å². The van der Waals surface area contributed by atoms with Crippen molar-refractivity contribution < 1.29 is 4.92 Å². The molecule has 0 aromatic heterocycles. The Hall–Kier alpha value is -2.13. The molecule has 1 aromatic rings. The van der Waals surface area contributed by atoms with Crippen LogP contribution in [0.5, 0.6) is 0 Å². The van der Waals surface area contributed by atoms with Gasteiger partial charge in [0.05, 0.1) is 16.2 Å². The van der Waals surface area contributed by atoms with Crippen molar-refractivity contribution >= 4 is 11.4 Å². The minimum atomic E-state index is -0.493. The van der Waals surface area contributed by atoms with E-state index in [0.717, 1.165) is 25.1 Å². The number of benzene rings is 1. The number of nitro benzene ring substituents is 1. The lowest BCUT2D eigenvalue weighted by Crippen LogP contribution is -2.43. The van der Waals surface area contributed by atoms with E-state index in [4.69, 9.17) is 11.0 Å². The molecular weight excluding hydrogens is 232 g/mol. The molecule has 0 amide bonds. The van der Waals surface area contributed by atoms with E-state index in [9.17, 15) is 10.1 Å². The Morgan fingerprint density at radius 3 is 2.94 bits per heavy atom. The number of piperidine rings is 1. The molecule has 1 heterocycles. The smallest absolute Gasteiger partial charge is 0.270 e. The molecule has 1 aliphatic heterocycles. The zero-order valence-electron chi connectivity index (χ0n) is 9.87. The first-order valence-electron chi connectivity index (χ1n) is 5.81. The molecule has 18 heavy (non-hydrogen) atoms. The number of hydrogen-bond donors (Lipinski definition) is 1. The maximum atomic E-state index is 10.7. The summed E-state index contributed by atoms with van der Waals surface area (Å²) in [7, 11) is 0. The Morgan fingerprint density at radius 1 is 1.56 bits per heavy atom. The van der Waals surface area contributed by atoms with E-state index in [1.165, 1.54) is 12.1 Å². The molecule has 1 fully saturated rings. The van der Waals surface area contributed by atoms with Crippen LogP contribution in [0.15, 0.2) is 18.2 Å². The zero-order valence-corrected chi connectivity index (χ0v) is 9.87. The normalized spacial score (nSPS) is 19.3. The van der Waals surface area contributed by atoms with Crippen LogP contribution < -0.4 is 10.6 Å². The van der Waals surface area contributed by atoms with Crippen LogP contribution in [0.25, 0.3) is 0 Å². The van der Waals surface area contributed by atoms with E-state index in [-0.39, 0.29) is 11.7 Å². The van der Waals surface area contributed by atoms with Crippen LogP contribution in [0.3, 0.4) is 0 Å². The van der Waals surface area contributed by atoms with Crippen LogP contribution in [-0.2, 0) is 0 Å². The van der Waals surface area contributed by atoms with Gasteiger partial charge in [-0.3, -0.25) is 10.1 Å². The number of nitrogens with two attached hydrogens (primary N) is 1. The summed E-state index contributed by atoms with van der Waals surface area (Å²) in [6.45, 7) is 1.52. The molecule has 0 bridgehead atoms. The van der Waals surface area contributed by atoms with E-state index >= 15 is 0 Å². The molecule has 0 aliphatic carbocycles. The van der Waals surface area contributed by atoms with Gasteiger partial charge in [-0.15, -0.1) is 0 Å². The molecule has 1 saturated heterocycles. The molecular formula is C12H14N4O2. The maximum Gasteiger partial charge on any atom is 0.270 e. The van der Waals surface area contributed by atoms with Gasteiger partial charge in [0.15, 0.2) is 0 Å². The average Bonchev–Trinajstić information content (AvgIpc) is 2.37. The van der Waals surface area contributed by atoms with Gasteiger partial charge in [0.25, 0.3) is 5.69 Å². The third-order valence-electron chi connectivity index (χ3n) is 3.11. The van der Waals surface area contributed by atoms with Crippen molar-refractivity contribution in [3.05, 3.63) is 33.9 Å². The van der Waals surface area contributed by atoms with Crippen LogP contribution in [0.4, 0.5) is 11.4 Å². The quantitative estimate of drug-likeness (QED) is 0.628. The van der Waals surface area contributed by atoms with Crippen LogP contribution in [0.2, 0.25) is 0 Å². The molecule has 1 aliphatic rings. The van der Waals surface area contributed by atoms with E-state index < -0.39 is 4.92 Å². The largest absolute Gasteiger partial charge is 0.369 e. The van der Waals surface area contributed by atoms with Crippen molar-refractivity contribution in [2.45, 2.75) is 18.9 Å². The van der Waals surface area contributed by atoms with Crippen LogP contribution in [0, 0.1) is 21.4 Å². The fourth-order valence-corrected chi connectivity index (χ4v) is 2.23. The monoisotopic (exact) mass is 246 g/mol. The predicted octanol–water partition coefficient (Wildman–Crippen LogP) is 1.39. The first-order chi connectivity index (χ1) is 8.61. The summed E-state index contributed by atoms with van der Waals surface area (Å²) < 4.78 is 0. The van der Waals surface area contributed by atoms with Crippen molar-refractivity contribution in [2.24, 2.45) is 5.73 Å². The van der Waals surface area contributed by atoms with E-state index in [1.807, 2.05) is 11.0 Å². The summed E-state index contributed by atoms with van der Waals surface area (Å²) in [6.07, 6.45) is 1.95. The topological polar surface area (TPSA) is 96.2 Å². The Labute approximate surface area is 105 Å². The number of hydrogen-bond acceptors (Lipinski definition) is 5. The summed E-state index contributed by atoms with van der Waals surface area (Å²) in [5.41, 5.74) is 6.91. The fourth-order valence-electron chi connectivity index (χ4n) is 2.23. The highest BCUT2D eigenvalue weighted by molar-refractivity contribution is 5.63. The van der Waals surface area contributed by atoms with Crippen LogP contribution in [-0.4, -0.2) is 24.1 Å². The average molecular weight is 246 g/mol. The molecule has 6 heteroatoms. The minimum absolute atomic E-state index is 0.0587. The van der Waals surface area contributed by atoms with Gasteiger partial charge in [0.1, 0.15) is 6.07 Å². The van der Waals surface area contributed by atoms with Crippen molar-refractivity contribution in [3.63, 3.8) is 0 Å². The number of rotatable bonds is 2. The Bertz CT molecular complexity index is 509. The first kappa shape index (κ1) is 12.3. The van der Waals surface area contributed by atoms with E-state index in [0.29, 0.717) is 12.1 Å². The first-order valence-corrected chi connectivity index (χ1v) is 5.81. The van der Waals surface area contributed by atoms with Gasteiger partial charge in [0, 0.05) is 31.3 Å². The summed E-state index contributed by atoms with van der Waals surface area (Å²) in [6, 6.07) is 6.49. The van der Waals surface area contributed by atoms with Gasteiger partial charge in [-0.25, -0.2) is 0 Å². The lowest BCUT2D eigenvalue weighted by atomic mass is 10.0. The summed E-state index contributed by atoms with van der Waals surface area (Å²) >= 11 is 0. The summed E-state index contributed by atoms with van der Waals surface area (Å²) in [5.74, 6) is 0. The van der Waals surface area contributed by atoms with Crippen LogP contribution in [0.1, 0.15) is 18.4 Å². The second-order valence-electron chi connectivity index (χ2n) is 4.42. The minimum Gasteiger partial charge on any atom is -0.369 e. The Morgan fingerprint density at radius 2 is 2.33 bits per heavy atom. The lowest BCUT2D eigenvalue weighted by Gasteiger charge is -2.33. The molecule has 0 unspecified atom stereocenters. The summed E-state index contributed by atoms with van der Waals surface area (Å²) in [5, 5.41) is 19.8. The second-order valence-corrected chi connectivity index (χ2v) is 4.42. The van der Waals surface area contributed by atoms with Crippen molar-refractivity contribution in [1.82, 2.24) is 0 Å². The van der Waals surface area contributed by atoms with Gasteiger partial charge < -0.3 is 10.6 Å². The summed E-state index contributed by atoms with van der Waals surface area (Å²) in [4.78, 5) is 12.2. The van der Waals surface area contributed by atoms with Crippen LogP contribution >= 0.6 is 0 Å². The van der Waals surface area contributed by atoms with Gasteiger partial charge in [-0.1, -0.05) is 0 Å². The van der Waals surface area contributed by atoms with E-state index in [2.05, 4.69) is 0 Å². The number of nitrogens with zero attached hydrogens (tertiary/aromatic N) is 3. The third kappa shape index (κ3) is 2.41. The number of nitro groups is 1. The van der Waals surface area contributed by atoms with Crippen molar-refractivity contribution in [3.8, 4) is 6.07 Å². The standard InChI is InChI=1S/C12H14N4O2/c13-7-9-6-11(16(17)18)3-4-12(9)15-5-1-2-10(14)8-15/h3-4,6,10H,1-2,5,8,14H2/t10-/m1/s1. The Balaban J connectivity index is 2.33. The molecule has 2 N–H and O–H groups in total. The highest BCUT2D eigenvalue weighted by atomic mass is 16.6. The molecule has 1 atom stereocenters.